The van der Waals surface area contributed by atoms with Gasteiger partial charge < -0.3 is 19.8 Å². The molecule has 7 heteroatoms. The smallest absolute Gasteiger partial charge is 0.379 e. The van der Waals surface area contributed by atoms with Crippen LogP contribution in [-0.2, 0) is 4.57 Å². The molecule has 21 heavy (non-hydrogen) atoms. The first-order chi connectivity index (χ1) is 9.77. The van der Waals surface area contributed by atoms with Crippen molar-refractivity contribution >= 4 is 7.82 Å². The Labute approximate surface area is 129 Å². The maximum absolute atomic E-state index is 8.98. The largest absolute Gasteiger partial charge is 0.466 e. The molecule has 130 valence electrons. The van der Waals surface area contributed by atoms with Gasteiger partial charge in [-0.1, -0.05) is 64.7 Å². The summed E-state index contributed by atoms with van der Waals surface area (Å²) in [4.78, 5) is 21.6. The van der Waals surface area contributed by atoms with E-state index in [4.69, 9.17) is 24.4 Å². The van der Waals surface area contributed by atoms with E-state index in [2.05, 4.69) is 12.2 Å². The number of rotatable bonds is 12. The third-order valence-corrected chi connectivity index (χ3v) is 2.97. The number of nitrogens with one attached hydrogen (secondary N) is 1. The van der Waals surface area contributed by atoms with Gasteiger partial charge in [0.05, 0.1) is 0 Å². The molecule has 0 aromatic heterocycles. The number of hydrogen-bond acceptors (Lipinski definition) is 3. The van der Waals surface area contributed by atoms with Crippen LogP contribution in [0.4, 0.5) is 0 Å². The van der Waals surface area contributed by atoms with Gasteiger partial charge in [0, 0.05) is 0 Å². The second kappa shape index (κ2) is 16.4. The van der Waals surface area contributed by atoms with E-state index in [9.17, 15) is 0 Å². The van der Waals surface area contributed by atoms with Crippen LogP contribution in [0.2, 0.25) is 0 Å². The van der Waals surface area contributed by atoms with Crippen molar-refractivity contribution in [2.24, 2.45) is 0 Å². The van der Waals surface area contributed by atoms with Crippen LogP contribution in [0.25, 0.3) is 0 Å². The molecule has 0 aromatic carbocycles. The lowest BCUT2D eigenvalue weighted by Crippen LogP contribution is -2.26. The van der Waals surface area contributed by atoms with E-state index >= 15 is 0 Å². The van der Waals surface area contributed by atoms with Crippen molar-refractivity contribution in [2.75, 3.05) is 6.54 Å². The minimum atomic E-state index is -4.64. The standard InChI is InChI=1S/C14H31NO.H3O4P/c1-3-4-5-6-7-8-9-10-11-12-13-15-14(2)16;1-5(2,3)4/h14-16H,3-13H2,1-2H3;(H3,1,2,3,4). The highest BCUT2D eigenvalue weighted by Gasteiger charge is 2.00. The summed E-state index contributed by atoms with van der Waals surface area (Å²) in [7, 11) is -4.64. The molecule has 0 aliphatic heterocycles. The summed E-state index contributed by atoms with van der Waals surface area (Å²) in [5.41, 5.74) is 0. The Bertz CT molecular complexity index is 237. The van der Waals surface area contributed by atoms with Crippen molar-refractivity contribution in [3.8, 4) is 0 Å². The molecular weight excluding hydrogens is 293 g/mol. The zero-order valence-corrected chi connectivity index (χ0v) is 14.4. The monoisotopic (exact) mass is 327 g/mol. The minimum absolute atomic E-state index is 0.349. The fourth-order valence-corrected chi connectivity index (χ4v) is 1.92. The van der Waals surface area contributed by atoms with Crippen LogP contribution in [0.15, 0.2) is 0 Å². The topological polar surface area (TPSA) is 110 Å². The summed E-state index contributed by atoms with van der Waals surface area (Å²) in [6, 6.07) is 0. The molecule has 6 nitrogen and oxygen atoms in total. The Morgan fingerprint density at radius 1 is 0.857 bits per heavy atom. The van der Waals surface area contributed by atoms with Gasteiger partial charge in [0.1, 0.15) is 6.23 Å². The van der Waals surface area contributed by atoms with Crippen LogP contribution < -0.4 is 5.32 Å². The lowest BCUT2D eigenvalue weighted by molar-refractivity contribution is 0.156. The first kappa shape index (κ1) is 23.3. The first-order valence-electron chi connectivity index (χ1n) is 7.97. The zero-order valence-electron chi connectivity index (χ0n) is 13.5. The quantitative estimate of drug-likeness (QED) is 0.214. The number of phosphoric acid groups is 1. The number of aliphatic hydroxyl groups is 1. The van der Waals surface area contributed by atoms with Crippen molar-refractivity contribution in [1.29, 1.82) is 0 Å². The van der Waals surface area contributed by atoms with Crippen LogP contribution in [0, 0.1) is 0 Å². The molecule has 1 unspecified atom stereocenters. The molecule has 0 aliphatic rings. The molecular formula is C14H34NO5P. The third-order valence-electron chi connectivity index (χ3n) is 2.97. The van der Waals surface area contributed by atoms with Gasteiger partial charge in [-0.3, -0.25) is 5.32 Å². The van der Waals surface area contributed by atoms with E-state index in [0.717, 1.165) is 6.54 Å². The zero-order chi connectivity index (χ0) is 16.6. The normalized spacial score (nSPS) is 12.7. The Kier molecular flexibility index (Phi) is 18.2. The fourth-order valence-electron chi connectivity index (χ4n) is 1.92. The molecule has 0 saturated heterocycles. The van der Waals surface area contributed by atoms with E-state index in [1.165, 1.54) is 64.2 Å². The van der Waals surface area contributed by atoms with Crippen molar-refractivity contribution < 1.29 is 24.4 Å². The van der Waals surface area contributed by atoms with E-state index in [1.54, 1.807) is 6.92 Å². The van der Waals surface area contributed by atoms with Crippen LogP contribution in [0.1, 0.15) is 78.1 Å². The van der Waals surface area contributed by atoms with Crippen LogP contribution in [-0.4, -0.2) is 32.6 Å². The van der Waals surface area contributed by atoms with Gasteiger partial charge in [-0.15, -0.1) is 0 Å². The lowest BCUT2D eigenvalue weighted by Gasteiger charge is -2.06. The Balaban J connectivity index is 0. The van der Waals surface area contributed by atoms with E-state index < -0.39 is 7.82 Å². The fraction of sp³-hybridized carbons (Fsp3) is 1.00. The van der Waals surface area contributed by atoms with E-state index in [-0.39, 0.29) is 6.23 Å². The average molecular weight is 327 g/mol. The number of hydrogen-bond donors (Lipinski definition) is 5. The summed E-state index contributed by atoms with van der Waals surface area (Å²) in [5.74, 6) is 0. The van der Waals surface area contributed by atoms with Gasteiger partial charge in [-0.2, -0.15) is 0 Å². The molecule has 0 saturated carbocycles. The van der Waals surface area contributed by atoms with Gasteiger partial charge >= 0.3 is 7.82 Å². The summed E-state index contributed by atoms with van der Waals surface area (Å²) >= 11 is 0. The Morgan fingerprint density at radius 2 is 1.19 bits per heavy atom. The Hall–Kier alpha value is 0.0300. The van der Waals surface area contributed by atoms with Crippen molar-refractivity contribution in [3.63, 3.8) is 0 Å². The highest BCUT2D eigenvalue weighted by Crippen LogP contribution is 2.25. The lowest BCUT2D eigenvalue weighted by atomic mass is 10.1. The summed E-state index contributed by atoms with van der Waals surface area (Å²) < 4.78 is 8.88. The first-order valence-corrected chi connectivity index (χ1v) is 9.53. The van der Waals surface area contributed by atoms with Gasteiger partial charge in [-0.05, 0) is 19.9 Å². The van der Waals surface area contributed by atoms with Crippen LogP contribution >= 0.6 is 7.82 Å². The van der Waals surface area contributed by atoms with Crippen molar-refractivity contribution in [3.05, 3.63) is 0 Å². The maximum atomic E-state index is 8.98. The molecule has 0 fully saturated rings. The molecule has 0 spiro atoms. The second-order valence-corrected chi connectivity index (χ2v) is 6.35. The summed E-state index contributed by atoms with van der Waals surface area (Å²) in [6.45, 7) is 4.99. The highest BCUT2D eigenvalue weighted by atomic mass is 31.2. The third kappa shape index (κ3) is 38.4. The summed E-state index contributed by atoms with van der Waals surface area (Å²) in [5, 5.41) is 12.0. The molecule has 0 aromatic rings. The van der Waals surface area contributed by atoms with Crippen molar-refractivity contribution in [2.45, 2.75) is 84.3 Å². The molecule has 0 heterocycles. The average Bonchev–Trinajstić information content (AvgIpc) is 2.33. The minimum Gasteiger partial charge on any atom is -0.379 e. The molecule has 0 amide bonds. The molecule has 0 rings (SSSR count). The SMILES string of the molecule is CCCCCCCCCCCCNC(C)O.O=P(O)(O)O. The maximum Gasteiger partial charge on any atom is 0.466 e. The highest BCUT2D eigenvalue weighted by molar-refractivity contribution is 7.45. The summed E-state index contributed by atoms with van der Waals surface area (Å²) in [6.07, 6.45) is 13.3. The van der Waals surface area contributed by atoms with Gasteiger partial charge in [0.25, 0.3) is 0 Å². The van der Waals surface area contributed by atoms with Crippen LogP contribution in [0.5, 0.6) is 0 Å². The van der Waals surface area contributed by atoms with Crippen LogP contribution in [0.3, 0.4) is 0 Å². The van der Waals surface area contributed by atoms with Gasteiger partial charge in [-0.25, -0.2) is 4.57 Å². The predicted molar refractivity (Wildman–Crippen MR) is 85.8 cm³/mol. The molecule has 0 bridgehead atoms. The second-order valence-electron chi connectivity index (χ2n) is 5.33. The van der Waals surface area contributed by atoms with E-state index in [0.29, 0.717) is 0 Å². The van der Waals surface area contributed by atoms with Gasteiger partial charge in [0.15, 0.2) is 0 Å². The molecule has 0 radical (unpaired) electrons. The number of unbranched alkanes of at least 4 members (excludes halogenated alkanes) is 9. The molecule has 5 N–H and O–H groups in total. The van der Waals surface area contributed by atoms with Gasteiger partial charge in [0.2, 0.25) is 0 Å². The van der Waals surface area contributed by atoms with E-state index in [1.807, 2.05) is 0 Å². The molecule has 0 aliphatic carbocycles. The predicted octanol–water partition coefficient (Wildman–Crippen LogP) is 2.91. The van der Waals surface area contributed by atoms with Crippen molar-refractivity contribution in [1.82, 2.24) is 5.32 Å². The Morgan fingerprint density at radius 3 is 1.52 bits per heavy atom. The molecule has 1 atom stereocenters. The number of aliphatic hydroxyl groups excluding tert-OH is 1.